The molecule has 3 aliphatic heterocycles. The number of hydrogen-bond acceptors (Lipinski definition) is 4. The number of rotatable bonds is 2. The van der Waals surface area contributed by atoms with Crippen molar-refractivity contribution in [1.82, 2.24) is 10.2 Å². The molecule has 1 aromatic rings. The van der Waals surface area contributed by atoms with Crippen LogP contribution in [0, 0.1) is 0 Å². The molecular weight excluding hydrogens is 360 g/mol. The summed E-state index contributed by atoms with van der Waals surface area (Å²) in [6.07, 6.45) is 4.89. The molecule has 0 aliphatic carbocycles. The minimum absolute atomic E-state index is 0. The first kappa shape index (κ1) is 18.4. The summed E-state index contributed by atoms with van der Waals surface area (Å²) in [6, 6.07) is 9.51. The van der Waals surface area contributed by atoms with Crippen LogP contribution in [0.4, 0.5) is 0 Å². The zero-order valence-corrected chi connectivity index (χ0v) is 16.2. The van der Waals surface area contributed by atoms with Gasteiger partial charge in [0.25, 0.3) is 5.91 Å². The molecule has 0 saturated carbocycles. The van der Waals surface area contributed by atoms with Crippen LogP contribution in [-0.4, -0.2) is 47.5 Å². The number of hydrogen-bond donors (Lipinski definition) is 1. The van der Waals surface area contributed by atoms with Gasteiger partial charge in [0.1, 0.15) is 0 Å². The quantitative estimate of drug-likeness (QED) is 0.836. The molecule has 0 radical (unpaired) electrons. The van der Waals surface area contributed by atoms with Gasteiger partial charge >= 0.3 is 0 Å². The maximum atomic E-state index is 12.8. The van der Waals surface area contributed by atoms with Crippen LogP contribution in [0.2, 0.25) is 0 Å². The number of nitrogens with zero attached hydrogens (tertiary/aromatic N) is 1. The molecular formula is C18H25ClN2OS2. The molecule has 1 aromatic carbocycles. The normalized spacial score (nSPS) is 27.4. The SMILES string of the molecule is Cl.O=C(c1ccc(C2SCCCS2)cc1)N1CCC2CCC(C1)N2. The van der Waals surface area contributed by atoms with Crippen LogP contribution in [0.25, 0.3) is 0 Å². The lowest BCUT2D eigenvalue weighted by atomic mass is 10.1. The lowest BCUT2D eigenvalue weighted by Crippen LogP contribution is -2.39. The van der Waals surface area contributed by atoms with Crippen LogP contribution in [-0.2, 0) is 0 Å². The van der Waals surface area contributed by atoms with E-state index >= 15 is 0 Å². The molecule has 1 amide bonds. The third-order valence-electron chi connectivity index (χ3n) is 5.07. The Morgan fingerprint density at radius 2 is 1.75 bits per heavy atom. The summed E-state index contributed by atoms with van der Waals surface area (Å²) in [5, 5.41) is 3.64. The second kappa shape index (κ2) is 8.35. The largest absolute Gasteiger partial charge is 0.337 e. The molecule has 24 heavy (non-hydrogen) atoms. The van der Waals surface area contributed by atoms with Crippen LogP contribution in [0.3, 0.4) is 0 Å². The van der Waals surface area contributed by atoms with Gasteiger partial charge < -0.3 is 10.2 Å². The van der Waals surface area contributed by atoms with Gasteiger partial charge in [-0.05, 0) is 54.9 Å². The molecule has 3 saturated heterocycles. The zero-order valence-electron chi connectivity index (χ0n) is 13.8. The van der Waals surface area contributed by atoms with Crippen LogP contribution in [0.5, 0.6) is 0 Å². The van der Waals surface area contributed by atoms with Crippen molar-refractivity contribution in [2.45, 2.75) is 42.3 Å². The predicted octanol–water partition coefficient (Wildman–Crippen LogP) is 3.94. The Morgan fingerprint density at radius 1 is 1.04 bits per heavy atom. The van der Waals surface area contributed by atoms with Gasteiger partial charge in [-0.1, -0.05) is 12.1 Å². The Balaban J connectivity index is 0.00000169. The number of nitrogens with one attached hydrogen (secondary N) is 1. The second-order valence-corrected chi connectivity index (χ2v) is 9.45. The van der Waals surface area contributed by atoms with Crippen molar-refractivity contribution in [1.29, 1.82) is 0 Å². The molecule has 2 bridgehead atoms. The van der Waals surface area contributed by atoms with Gasteiger partial charge in [0, 0.05) is 30.7 Å². The molecule has 3 heterocycles. The van der Waals surface area contributed by atoms with E-state index in [1.807, 2.05) is 35.7 Å². The maximum absolute atomic E-state index is 12.8. The van der Waals surface area contributed by atoms with Crippen LogP contribution < -0.4 is 5.32 Å². The van der Waals surface area contributed by atoms with E-state index in [4.69, 9.17) is 0 Å². The molecule has 3 nitrogen and oxygen atoms in total. The van der Waals surface area contributed by atoms with Crippen molar-refractivity contribution in [3.05, 3.63) is 35.4 Å². The molecule has 3 fully saturated rings. The summed E-state index contributed by atoms with van der Waals surface area (Å²) in [6.45, 7) is 1.76. The molecule has 132 valence electrons. The lowest BCUT2D eigenvalue weighted by Gasteiger charge is -2.25. The molecule has 0 spiro atoms. The summed E-state index contributed by atoms with van der Waals surface area (Å²) in [5.74, 6) is 2.71. The summed E-state index contributed by atoms with van der Waals surface area (Å²) < 4.78 is 0.547. The Labute approximate surface area is 159 Å². The Bertz CT molecular complexity index is 563. The van der Waals surface area contributed by atoms with Crippen LogP contribution >= 0.6 is 35.9 Å². The van der Waals surface area contributed by atoms with Gasteiger partial charge in [0.2, 0.25) is 0 Å². The minimum atomic E-state index is 0. The van der Waals surface area contributed by atoms with E-state index in [0.717, 1.165) is 25.1 Å². The van der Waals surface area contributed by atoms with Crippen LogP contribution in [0.1, 0.15) is 46.2 Å². The third kappa shape index (κ3) is 4.06. The van der Waals surface area contributed by atoms with Crippen molar-refractivity contribution < 1.29 is 4.79 Å². The number of fused-ring (bicyclic) bond motifs is 2. The molecule has 1 N–H and O–H groups in total. The van der Waals surface area contributed by atoms with Gasteiger partial charge in [-0.3, -0.25) is 4.79 Å². The minimum Gasteiger partial charge on any atom is -0.337 e. The average Bonchev–Trinajstić information content (AvgIpc) is 2.94. The van der Waals surface area contributed by atoms with Gasteiger partial charge in [-0.25, -0.2) is 0 Å². The second-order valence-electron chi connectivity index (χ2n) is 6.73. The lowest BCUT2D eigenvalue weighted by molar-refractivity contribution is 0.0748. The fourth-order valence-electron chi connectivity index (χ4n) is 3.77. The van der Waals surface area contributed by atoms with E-state index in [-0.39, 0.29) is 18.3 Å². The fraction of sp³-hybridized carbons (Fsp3) is 0.611. The van der Waals surface area contributed by atoms with Crippen molar-refractivity contribution >= 4 is 41.8 Å². The highest BCUT2D eigenvalue weighted by molar-refractivity contribution is 8.16. The van der Waals surface area contributed by atoms with E-state index in [1.54, 1.807) is 0 Å². The number of thioether (sulfide) groups is 2. The summed E-state index contributed by atoms with van der Waals surface area (Å²) in [7, 11) is 0. The van der Waals surface area contributed by atoms with Crippen molar-refractivity contribution in [3.63, 3.8) is 0 Å². The number of carbonyl (C=O) groups is 1. The molecule has 2 atom stereocenters. The topological polar surface area (TPSA) is 32.3 Å². The molecule has 2 unspecified atom stereocenters. The van der Waals surface area contributed by atoms with E-state index in [0.29, 0.717) is 16.7 Å². The first-order valence-electron chi connectivity index (χ1n) is 8.68. The van der Waals surface area contributed by atoms with E-state index in [1.165, 1.54) is 36.3 Å². The van der Waals surface area contributed by atoms with Crippen molar-refractivity contribution in [3.8, 4) is 0 Å². The Morgan fingerprint density at radius 3 is 2.50 bits per heavy atom. The maximum Gasteiger partial charge on any atom is 0.253 e. The highest BCUT2D eigenvalue weighted by atomic mass is 35.5. The zero-order chi connectivity index (χ0) is 15.6. The van der Waals surface area contributed by atoms with Crippen molar-refractivity contribution in [2.24, 2.45) is 0 Å². The number of benzene rings is 1. The number of carbonyl (C=O) groups excluding carboxylic acids is 1. The molecule has 4 rings (SSSR count). The first-order chi connectivity index (χ1) is 11.3. The van der Waals surface area contributed by atoms with Crippen molar-refractivity contribution in [2.75, 3.05) is 24.6 Å². The summed E-state index contributed by atoms with van der Waals surface area (Å²) >= 11 is 4.06. The van der Waals surface area contributed by atoms with Crippen LogP contribution in [0.15, 0.2) is 24.3 Å². The fourth-order valence-corrected chi connectivity index (χ4v) is 6.67. The Hall–Kier alpha value is -0.360. The van der Waals surface area contributed by atoms with Gasteiger partial charge in [-0.2, -0.15) is 0 Å². The monoisotopic (exact) mass is 384 g/mol. The average molecular weight is 385 g/mol. The summed E-state index contributed by atoms with van der Waals surface area (Å²) in [5.41, 5.74) is 2.20. The van der Waals surface area contributed by atoms with E-state index in [9.17, 15) is 4.79 Å². The summed E-state index contributed by atoms with van der Waals surface area (Å²) in [4.78, 5) is 14.9. The highest BCUT2D eigenvalue weighted by Crippen LogP contribution is 2.43. The number of amides is 1. The standard InChI is InChI=1S/C18H24N2OS2.ClH/c21-17(20-9-8-15-6-7-16(12-20)19-15)13-2-4-14(5-3-13)18-22-10-1-11-23-18;/h2-5,15-16,18-19H,1,6-12H2;1H. The first-order valence-corrected chi connectivity index (χ1v) is 10.8. The molecule has 6 heteroatoms. The number of likely N-dealkylation sites (tertiary alicyclic amines) is 1. The Kier molecular flexibility index (Phi) is 6.41. The van der Waals surface area contributed by atoms with Gasteiger partial charge in [-0.15, -0.1) is 35.9 Å². The molecule has 3 aliphatic rings. The number of halogens is 1. The van der Waals surface area contributed by atoms with E-state index in [2.05, 4.69) is 22.3 Å². The van der Waals surface area contributed by atoms with Gasteiger partial charge in [0.05, 0.1) is 4.58 Å². The third-order valence-corrected chi connectivity index (χ3v) is 8.08. The van der Waals surface area contributed by atoms with Gasteiger partial charge in [0.15, 0.2) is 0 Å². The van der Waals surface area contributed by atoms with E-state index < -0.39 is 0 Å². The highest BCUT2D eigenvalue weighted by Gasteiger charge is 2.31. The molecule has 0 aromatic heterocycles. The predicted molar refractivity (Wildman–Crippen MR) is 106 cm³/mol. The smallest absolute Gasteiger partial charge is 0.253 e.